The van der Waals surface area contributed by atoms with Crippen LogP contribution in [0.15, 0.2) is 0 Å². The molecule has 0 rings (SSSR count). The van der Waals surface area contributed by atoms with Gasteiger partial charge < -0.3 is 16.6 Å². The Kier molecular flexibility index (Phi) is 30.2. The maximum Gasteiger partial charge on any atom is 0.303 e. The second-order valence-electron chi connectivity index (χ2n) is 8.09. The van der Waals surface area contributed by atoms with Crippen LogP contribution >= 0.6 is 0 Å². The Balaban J connectivity index is 0. The third kappa shape index (κ3) is 33.0. The van der Waals surface area contributed by atoms with Crippen LogP contribution < -0.4 is 11.5 Å². The summed E-state index contributed by atoms with van der Waals surface area (Å²) < 4.78 is 0. The Bertz CT molecular complexity index is 284. The predicted molar refractivity (Wildman–Crippen MR) is 124 cm³/mol. The first kappa shape index (κ1) is 29.6. The molecule has 0 heterocycles. The standard InChI is InChI=1S/C22H44O2.C2H8N2/c1-2-3-4-5-6-7-8-9-10-11-12-13-14-15-16-17-18-19-20-21-22(23)24;3-1-2-4/h2-21H2,1H3,(H,23,24);1-4H2. The Hall–Kier alpha value is -0.610. The lowest BCUT2D eigenvalue weighted by Gasteiger charge is -2.03. The number of hydrogen-bond acceptors (Lipinski definition) is 3. The maximum absolute atomic E-state index is 10.4. The molecule has 0 aromatic rings. The molecule has 0 unspecified atom stereocenters. The van der Waals surface area contributed by atoms with E-state index in [1.807, 2.05) is 0 Å². The first-order valence-corrected chi connectivity index (χ1v) is 12.3. The number of unbranched alkanes of at least 4 members (excludes halogenated alkanes) is 18. The van der Waals surface area contributed by atoms with Crippen LogP contribution in [-0.2, 0) is 4.79 Å². The van der Waals surface area contributed by atoms with Gasteiger partial charge in [-0.2, -0.15) is 0 Å². The zero-order valence-corrected chi connectivity index (χ0v) is 19.1. The van der Waals surface area contributed by atoms with Crippen LogP contribution in [0.2, 0.25) is 0 Å². The molecule has 0 radical (unpaired) electrons. The van der Waals surface area contributed by atoms with E-state index >= 15 is 0 Å². The highest BCUT2D eigenvalue weighted by Crippen LogP contribution is 2.14. The number of rotatable bonds is 21. The lowest BCUT2D eigenvalue weighted by Crippen LogP contribution is -2.11. The van der Waals surface area contributed by atoms with E-state index in [1.165, 1.54) is 109 Å². The number of carboxylic acid groups (broad SMARTS) is 1. The van der Waals surface area contributed by atoms with E-state index in [4.69, 9.17) is 16.6 Å². The van der Waals surface area contributed by atoms with Gasteiger partial charge >= 0.3 is 5.97 Å². The fraction of sp³-hybridized carbons (Fsp3) is 0.958. The summed E-state index contributed by atoms with van der Waals surface area (Å²) in [7, 11) is 0. The summed E-state index contributed by atoms with van der Waals surface area (Å²) in [5.41, 5.74) is 9.81. The Morgan fingerprint density at radius 3 is 1.00 bits per heavy atom. The number of carbonyl (C=O) groups is 1. The molecular weight excluding hydrogens is 348 g/mol. The monoisotopic (exact) mass is 400 g/mol. The van der Waals surface area contributed by atoms with Gasteiger partial charge in [0.05, 0.1) is 0 Å². The third-order valence-electron chi connectivity index (χ3n) is 5.16. The number of hydrogen-bond donors (Lipinski definition) is 3. The average Bonchev–Trinajstić information content (AvgIpc) is 2.69. The van der Waals surface area contributed by atoms with Crippen molar-refractivity contribution in [3.8, 4) is 0 Å². The third-order valence-corrected chi connectivity index (χ3v) is 5.16. The Morgan fingerprint density at radius 1 is 0.536 bits per heavy atom. The summed E-state index contributed by atoms with van der Waals surface area (Å²) in [6, 6.07) is 0. The van der Waals surface area contributed by atoms with Crippen molar-refractivity contribution in [2.45, 2.75) is 135 Å². The first-order chi connectivity index (χ1) is 13.7. The highest BCUT2D eigenvalue weighted by atomic mass is 16.4. The van der Waals surface area contributed by atoms with Gasteiger partial charge in [-0.1, -0.05) is 122 Å². The topological polar surface area (TPSA) is 89.3 Å². The molecule has 0 saturated carbocycles. The molecule has 0 fully saturated rings. The summed E-state index contributed by atoms with van der Waals surface area (Å²) in [5.74, 6) is -0.651. The van der Waals surface area contributed by atoms with Crippen molar-refractivity contribution in [1.29, 1.82) is 0 Å². The average molecular weight is 401 g/mol. The fourth-order valence-electron chi connectivity index (χ4n) is 3.35. The van der Waals surface area contributed by atoms with Gasteiger partial charge in [-0.05, 0) is 6.42 Å². The van der Waals surface area contributed by atoms with Gasteiger partial charge in [0.2, 0.25) is 0 Å². The van der Waals surface area contributed by atoms with Crippen LogP contribution in [0.1, 0.15) is 135 Å². The molecule has 0 aliphatic heterocycles. The molecule has 0 amide bonds. The van der Waals surface area contributed by atoms with Gasteiger partial charge in [0, 0.05) is 19.5 Å². The molecule has 0 atom stereocenters. The molecule has 4 nitrogen and oxygen atoms in total. The zero-order chi connectivity index (χ0) is 21.1. The van der Waals surface area contributed by atoms with Gasteiger partial charge in [-0.15, -0.1) is 0 Å². The first-order valence-electron chi connectivity index (χ1n) is 12.3. The SMILES string of the molecule is CCCCCCCCCCCCCCCCCCCCCC(=O)O.NCCN. The summed E-state index contributed by atoms with van der Waals surface area (Å²) in [6.07, 6.45) is 26.1. The lowest BCUT2D eigenvalue weighted by atomic mass is 10.0. The Morgan fingerprint density at radius 2 is 0.786 bits per heavy atom. The molecule has 0 aliphatic rings. The van der Waals surface area contributed by atoms with Crippen LogP contribution in [0, 0.1) is 0 Å². The van der Waals surface area contributed by atoms with Crippen molar-refractivity contribution >= 4 is 5.97 Å². The minimum absolute atomic E-state index is 0.346. The molecule has 28 heavy (non-hydrogen) atoms. The second kappa shape index (κ2) is 28.6. The van der Waals surface area contributed by atoms with Gasteiger partial charge in [-0.25, -0.2) is 0 Å². The van der Waals surface area contributed by atoms with Gasteiger partial charge in [-0.3, -0.25) is 4.79 Å². The van der Waals surface area contributed by atoms with E-state index in [0.717, 1.165) is 12.8 Å². The molecule has 0 bridgehead atoms. The van der Waals surface area contributed by atoms with Crippen molar-refractivity contribution < 1.29 is 9.90 Å². The molecule has 0 aromatic heterocycles. The maximum atomic E-state index is 10.4. The lowest BCUT2D eigenvalue weighted by molar-refractivity contribution is -0.137. The summed E-state index contributed by atoms with van der Waals surface area (Å²) in [6.45, 7) is 3.48. The number of aliphatic carboxylic acids is 1. The largest absolute Gasteiger partial charge is 0.481 e. The number of nitrogens with two attached hydrogens (primary N) is 2. The Labute approximate surface area is 176 Å². The van der Waals surface area contributed by atoms with Gasteiger partial charge in [0.25, 0.3) is 0 Å². The van der Waals surface area contributed by atoms with Crippen LogP contribution in [0.4, 0.5) is 0 Å². The summed E-state index contributed by atoms with van der Waals surface area (Å²) >= 11 is 0. The fourth-order valence-corrected chi connectivity index (χ4v) is 3.35. The predicted octanol–water partition coefficient (Wildman–Crippen LogP) is 6.80. The normalized spacial score (nSPS) is 10.5. The van der Waals surface area contributed by atoms with Gasteiger partial charge in [0.15, 0.2) is 0 Å². The van der Waals surface area contributed by atoms with E-state index in [1.54, 1.807) is 0 Å². The summed E-state index contributed by atoms with van der Waals surface area (Å²) in [5, 5.41) is 8.56. The van der Waals surface area contributed by atoms with Crippen molar-refractivity contribution in [3.63, 3.8) is 0 Å². The molecule has 0 saturated heterocycles. The number of carboxylic acids is 1. The van der Waals surface area contributed by atoms with Crippen LogP contribution in [-0.4, -0.2) is 24.2 Å². The van der Waals surface area contributed by atoms with E-state index in [9.17, 15) is 4.79 Å². The van der Waals surface area contributed by atoms with Crippen LogP contribution in [0.3, 0.4) is 0 Å². The van der Waals surface area contributed by atoms with E-state index in [-0.39, 0.29) is 0 Å². The molecule has 0 aromatic carbocycles. The summed E-state index contributed by atoms with van der Waals surface area (Å²) in [4.78, 5) is 10.4. The van der Waals surface area contributed by atoms with Crippen molar-refractivity contribution in [1.82, 2.24) is 0 Å². The molecule has 5 N–H and O–H groups in total. The quantitative estimate of drug-likeness (QED) is 0.185. The zero-order valence-electron chi connectivity index (χ0n) is 19.1. The van der Waals surface area contributed by atoms with E-state index < -0.39 is 5.97 Å². The molecule has 0 spiro atoms. The smallest absolute Gasteiger partial charge is 0.303 e. The highest BCUT2D eigenvalue weighted by molar-refractivity contribution is 5.66. The minimum Gasteiger partial charge on any atom is -0.481 e. The van der Waals surface area contributed by atoms with Crippen molar-refractivity contribution in [2.75, 3.05) is 13.1 Å². The van der Waals surface area contributed by atoms with E-state index in [0.29, 0.717) is 19.5 Å². The molecule has 0 aliphatic carbocycles. The minimum atomic E-state index is -0.651. The van der Waals surface area contributed by atoms with Crippen LogP contribution in [0.5, 0.6) is 0 Å². The molecular formula is C24H52N2O2. The van der Waals surface area contributed by atoms with Gasteiger partial charge in [0.1, 0.15) is 0 Å². The highest BCUT2D eigenvalue weighted by Gasteiger charge is 1.97. The van der Waals surface area contributed by atoms with E-state index in [2.05, 4.69) is 6.92 Å². The second-order valence-corrected chi connectivity index (χ2v) is 8.09. The molecule has 170 valence electrons. The van der Waals surface area contributed by atoms with Crippen molar-refractivity contribution in [2.24, 2.45) is 11.5 Å². The molecule has 4 heteroatoms. The van der Waals surface area contributed by atoms with Crippen molar-refractivity contribution in [3.05, 3.63) is 0 Å². The van der Waals surface area contributed by atoms with Crippen LogP contribution in [0.25, 0.3) is 0 Å².